The quantitative estimate of drug-likeness (QED) is 0.218. The van der Waals surface area contributed by atoms with Gasteiger partial charge in [0.25, 0.3) is 0 Å². The summed E-state index contributed by atoms with van der Waals surface area (Å²) < 4.78 is 15.3. The Morgan fingerprint density at radius 2 is 1.02 bits per heavy atom. The molecule has 2 heterocycles. The summed E-state index contributed by atoms with van der Waals surface area (Å²) in [6.45, 7) is 8.40. The summed E-state index contributed by atoms with van der Waals surface area (Å²) in [7, 11) is -0.420. The molecule has 1 saturated heterocycles. The maximum atomic E-state index is 6.44. The average Bonchev–Trinajstić information content (AvgIpc) is 3.42. The fourth-order valence-electron chi connectivity index (χ4n) is 5.73. The number of benzene rings is 5. The average molecular weight is 521 g/mol. The predicted octanol–water partition coefficient (Wildman–Crippen LogP) is 8.42. The van der Waals surface area contributed by atoms with Gasteiger partial charge in [-0.25, -0.2) is 0 Å². The van der Waals surface area contributed by atoms with Crippen molar-refractivity contribution in [3.8, 4) is 27.9 Å². The van der Waals surface area contributed by atoms with Gasteiger partial charge in [0.05, 0.1) is 22.2 Å². The molecular weight excluding hydrogens is 489 g/mol. The van der Waals surface area contributed by atoms with Crippen LogP contribution in [-0.2, 0) is 9.31 Å². The van der Waals surface area contributed by atoms with E-state index >= 15 is 0 Å². The number of rotatable bonds is 4. The van der Waals surface area contributed by atoms with Crippen LogP contribution in [0.3, 0.4) is 0 Å². The fraction of sp³-hybridized carbons (Fsp3) is 0.167. The summed E-state index contributed by atoms with van der Waals surface area (Å²) in [5.41, 5.74) is 8.43. The number of fused-ring (bicyclic) bond motifs is 3. The lowest BCUT2D eigenvalue weighted by Crippen LogP contribution is -2.41. The summed E-state index contributed by atoms with van der Waals surface area (Å²) in [6, 6.07) is 43.4. The Kier molecular flexibility index (Phi) is 5.74. The van der Waals surface area contributed by atoms with Crippen LogP contribution in [0.1, 0.15) is 27.7 Å². The SMILES string of the molecule is CC1(C)OB(c2ccc3c4ccccc4n(-c4cc(-c5ccccc5)cc(-c5ccccc5)c4)c3c2)OC1(C)C. The number of nitrogens with zero attached hydrogens (tertiary/aromatic N) is 1. The first-order valence-corrected chi connectivity index (χ1v) is 14.0. The Morgan fingerprint density at radius 1 is 0.500 bits per heavy atom. The second kappa shape index (κ2) is 9.23. The smallest absolute Gasteiger partial charge is 0.399 e. The van der Waals surface area contributed by atoms with E-state index in [0.29, 0.717) is 0 Å². The van der Waals surface area contributed by atoms with Crippen molar-refractivity contribution < 1.29 is 9.31 Å². The molecule has 7 rings (SSSR count). The fourth-order valence-corrected chi connectivity index (χ4v) is 5.73. The second-order valence-corrected chi connectivity index (χ2v) is 11.7. The maximum Gasteiger partial charge on any atom is 0.494 e. The van der Waals surface area contributed by atoms with Gasteiger partial charge in [0, 0.05) is 16.5 Å². The van der Waals surface area contributed by atoms with Gasteiger partial charge >= 0.3 is 7.12 Å². The third-order valence-corrected chi connectivity index (χ3v) is 8.61. The van der Waals surface area contributed by atoms with Crippen molar-refractivity contribution in [1.29, 1.82) is 0 Å². The van der Waals surface area contributed by atoms with Gasteiger partial charge in [0.15, 0.2) is 0 Å². The van der Waals surface area contributed by atoms with Crippen molar-refractivity contribution in [2.45, 2.75) is 38.9 Å². The van der Waals surface area contributed by atoms with Crippen LogP contribution in [0.2, 0.25) is 0 Å². The van der Waals surface area contributed by atoms with E-state index in [2.05, 4.69) is 154 Å². The van der Waals surface area contributed by atoms with Crippen LogP contribution in [-0.4, -0.2) is 22.9 Å². The minimum absolute atomic E-state index is 0.395. The highest BCUT2D eigenvalue weighted by molar-refractivity contribution is 6.62. The first-order valence-electron chi connectivity index (χ1n) is 14.0. The molecular formula is C36H32BNO2. The third kappa shape index (κ3) is 4.07. The molecule has 6 aromatic rings. The van der Waals surface area contributed by atoms with E-state index in [1.54, 1.807) is 0 Å². The Hall–Kier alpha value is -4.12. The van der Waals surface area contributed by atoms with Crippen molar-refractivity contribution in [1.82, 2.24) is 4.57 Å². The predicted molar refractivity (Wildman–Crippen MR) is 167 cm³/mol. The molecule has 1 aliphatic heterocycles. The molecule has 1 fully saturated rings. The van der Waals surface area contributed by atoms with Gasteiger partial charge in [0.1, 0.15) is 0 Å². The van der Waals surface area contributed by atoms with E-state index in [1.165, 1.54) is 38.5 Å². The second-order valence-electron chi connectivity index (χ2n) is 11.7. The van der Waals surface area contributed by atoms with Crippen molar-refractivity contribution >= 4 is 34.4 Å². The first-order chi connectivity index (χ1) is 19.3. The van der Waals surface area contributed by atoms with E-state index in [-0.39, 0.29) is 0 Å². The topological polar surface area (TPSA) is 23.4 Å². The van der Waals surface area contributed by atoms with Crippen LogP contribution in [0.4, 0.5) is 0 Å². The molecule has 1 aliphatic rings. The molecule has 0 amide bonds. The monoisotopic (exact) mass is 521 g/mol. The molecule has 0 unspecified atom stereocenters. The number of hydrogen-bond acceptors (Lipinski definition) is 2. The highest BCUT2D eigenvalue weighted by Crippen LogP contribution is 2.38. The van der Waals surface area contributed by atoms with Gasteiger partial charge in [-0.1, -0.05) is 91.0 Å². The molecule has 0 N–H and O–H groups in total. The molecule has 0 saturated carbocycles. The van der Waals surface area contributed by atoms with Crippen molar-refractivity contribution in [3.05, 3.63) is 121 Å². The van der Waals surface area contributed by atoms with Crippen LogP contribution < -0.4 is 5.46 Å². The number of para-hydroxylation sites is 1. The Labute approximate surface area is 236 Å². The molecule has 0 atom stereocenters. The molecule has 5 aromatic carbocycles. The molecule has 0 radical (unpaired) electrons. The van der Waals surface area contributed by atoms with Gasteiger partial charge in [-0.05, 0) is 85.7 Å². The van der Waals surface area contributed by atoms with Crippen LogP contribution in [0.5, 0.6) is 0 Å². The molecule has 0 spiro atoms. The Balaban J connectivity index is 1.48. The zero-order valence-corrected chi connectivity index (χ0v) is 23.4. The molecule has 0 bridgehead atoms. The summed E-state index contributed by atoms with van der Waals surface area (Å²) in [4.78, 5) is 0. The summed E-state index contributed by atoms with van der Waals surface area (Å²) in [5, 5.41) is 2.44. The highest BCUT2D eigenvalue weighted by Gasteiger charge is 2.51. The van der Waals surface area contributed by atoms with Crippen LogP contribution in [0.15, 0.2) is 121 Å². The minimum atomic E-state index is -0.420. The van der Waals surface area contributed by atoms with Crippen molar-refractivity contribution in [2.75, 3.05) is 0 Å². The van der Waals surface area contributed by atoms with E-state index in [1.807, 2.05) is 0 Å². The number of hydrogen-bond donors (Lipinski definition) is 0. The Morgan fingerprint density at radius 3 is 1.62 bits per heavy atom. The standard InChI is InChI=1S/C36H32BNO2/c1-35(2)36(3,4)40-37(39-35)29-19-20-32-31-17-11-12-18-33(31)38(34(32)24-29)30-22-27(25-13-7-5-8-14-25)21-28(23-30)26-15-9-6-10-16-26/h5-24H,1-4H3. The minimum Gasteiger partial charge on any atom is -0.399 e. The molecule has 4 heteroatoms. The molecule has 3 nitrogen and oxygen atoms in total. The first kappa shape index (κ1) is 24.9. The highest BCUT2D eigenvalue weighted by atomic mass is 16.7. The van der Waals surface area contributed by atoms with Gasteiger partial charge < -0.3 is 13.9 Å². The van der Waals surface area contributed by atoms with Crippen LogP contribution in [0, 0.1) is 0 Å². The lowest BCUT2D eigenvalue weighted by atomic mass is 9.79. The van der Waals surface area contributed by atoms with E-state index in [0.717, 1.165) is 16.7 Å². The van der Waals surface area contributed by atoms with Crippen LogP contribution >= 0.6 is 0 Å². The summed E-state index contributed by atoms with van der Waals surface area (Å²) >= 11 is 0. The summed E-state index contributed by atoms with van der Waals surface area (Å²) in [5.74, 6) is 0. The maximum absolute atomic E-state index is 6.44. The lowest BCUT2D eigenvalue weighted by Gasteiger charge is -2.32. The van der Waals surface area contributed by atoms with Crippen molar-refractivity contribution in [2.24, 2.45) is 0 Å². The Bertz CT molecular complexity index is 1780. The number of aromatic nitrogens is 1. The molecule has 196 valence electrons. The zero-order valence-electron chi connectivity index (χ0n) is 23.4. The van der Waals surface area contributed by atoms with Crippen LogP contribution in [0.25, 0.3) is 49.7 Å². The van der Waals surface area contributed by atoms with E-state index in [9.17, 15) is 0 Å². The van der Waals surface area contributed by atoms with Gasteiger partial charge in [0.2, 0.25) is 0 Å². The van der Waals surface area contributed by atoms with Gasteiger partial charge in [-0.15, -0.1) is 0 Å². The zero-order chi connectivity index (χ0) is 27.5. The van der Waals surface area contributed by atoms with Gasteiger partial charge in [-0.3, -0.25) is 0 Å². The van der Waals surface area contributed by atoms with Gasteiger partial charge in [-0.2, -0.15) is 0 Å². The normalized spacial score (nSPS) is 16.1. The molecule has 40 heavy (non-hydrogen) atoms. The van der Waals surface area contributed by atoms with Crippen molar-refractivity contribution in [3.63, 3.8) is 0 Å². The third-order valence-electron chi connectivity index (χ3n) is 8.61. The molecule has 0 aliphatic carbocycles. The lowest BCUT2D eigenvalue weighted by molar-refractivity contribution is 0.00578. The van der Waals surface area contributed by atoms with E-state index < -0.39 is 18.3 Å². The molecule has 1 aromatic heterocycles. The largest absolute Gasteiger partial charge is 0.494 e. The summed E-state index contributed by atoms with van der Waals surface area (Å²) in [6.07, 6.45) is 0. The van der Waals surface area contributed by atoms with E-state index in [4.69, 9.17) is 9.31 Å².